The lowest BCUT2D eigenvalue weighted by Gasteiger charge is -1.64. The fourth-order valence-electron chi connectivity index (χ4n) is 0. The molecule has 0 aromatic heterocycles. The van der Waals surface area contributed by atoms with Gasteiger partial charge in [-0.2, -0.15) is 0 Å². The summed E-state index contributed by atoms with van der Waals surface area (Å²) in [5, 5.41) is 0. The number of hydrogen-bond donors (Lipinski definition) is 0. The third kappa shape index (κ3) is 1.93. The van der Waals surface area contributed by atoms with Crippen molar-refractivity contribution in [2.24, 2.45) is 0 Å². The van der Waals surface area contributed by atoms with Crippen LogP contribution in [0.5, 0.6) is 0 Å². The molecule has 0 aromatic rings. The molecular formula is C3H6F. The van der Waals surface area contributed by atoms with E-state index in [0.717, 1.165) is 0 Å². The van der Waals surface area contributed by atoms with Crippen LogP contribution in [-0.4, -0.2) is 6.67 Å². The Morgan fingerprint density at radius 3 is 2.00 bits per heavy atom. The van der Waals surface area contributed by atoms with Crippen molar-refractivity contribution in [1.29, 1.82) is 0 Å². The first-order valence-electron chi connectivity index (χ1n) is 1.27. The zero-order valence-electron chi connectivity index (χ0n) is 2.50. The molecule has 25 valence electrons. The molecule has 0 unspecified atom stereocenters. The molecule has 0 saturated heterocycles. The van der Waals surface area contributed by atoms with Gasteiger partial charge in [-0.25, -0.2) is 0 Å². The lowest BCUT2D eigenvalue weighted by Crippen LogP contribution is -1.59. The van der Waals surface area contributed by atoms with E-state index in [9.17, 15) is 4.39 Å². The quantitative estimate of drug-likeness (QED) is 0.427. The Morgan fingerprint density at radius 2 is 2.00 bits per heavy atom. The largest absolute Gasteiger partial charge is 0.251 e. The normalized spacial score (nSPS) is 7.50. The summed E-state index contributed by atoms with van der Waals surface area (Å²) in [6.45, 7) is 2.94. The van der Waals surface area contributed by atoms with E-state index in [2.05, 4.69) is 6.92 Å². The summed E-state index contributed by atoms with van der Waals surface area (Å²) in [5.41, 5.74) is 0. The van der Waals surface area contributed by atoms with Crippen LogP contribution in [0.15, 0.2) is 0 Å². The topological polar surface area (TPSA) is 0 Å². The summed E-state index contributed by atoms with van der Waals surface area (Å²) in [7, 11) is 0. The summed E-state index contributed by atoms with van der Waals surface area (Å²) in [5.74, 6) is 0. The van der Waals surface area contributed by atoms with Gasteiger partial charge in [0.1, 0.15) is 0 Å². The van der Waals surface area contributed by atoms with Crippen molar-refractivity contribution in [3.63, 3.8) is 0 Å². The zero-order chi connectivity index (χ0) is 3.41. The first kappa shape index (κ1) is 3.93. The van der Waals surface area contributed by atoms with Crippen LogP contribution in [0.1, 0.15) is 6.42 Å². The molecule has 0 nitrogen and oxygen atoms in total. The Labute approximate surface area is 25.6 Å². The summed E-state index contributed by atoms with van der Waals surface area (Å²) in [6, 6.07) is 0. The number of rotatable bonds is 1. The van der Waals surface area contributed by atoms with Gasteiger partial charge in [0.2, 0.25) is 0 Å². The highest BCUT2D eigenvalue weighted by Crippen LogP contribution is 1.68. The van der Waals surface area contributed by atoms with Gasteiger partial charge in [0.15, 0.2) is 0 Å². The van der Waals surface area contributed by atoms with Gasteiger partial charge in [-0.1, -0.05) is 6.92 Å². The first-order chi connectivity index (χ1) is 1.91. The fourth-order valence-corrected chi connectivity index (χ4v) is 0. The molecule has 0 atom stereocenters. The third-order valence-electron chi connectivity index (χ3n) is 0.134. The average Bonchev–Trinajstić information content (AvgIpc) is 1.37. The fraction of sp³-hybridized carbons (Fsp3) is 0.667. The van der Waals surface area contributed by atoms with E-state index in [-0.39, 0.29) is 6.67 Å². The lowest BCUT2D eigenvalue weighted by molar-refractivity contribution is 0.500. The molecule has 0 aromatic carbocycles. The summed E-state index contributed by atoms with van der Waals surface area (Å²) in [6.07, 6.45) is 0.403. The van der Waals surface area contributed by atoms with E-state index in [1.54, 1.807) is 0 Å². The van der Waals surface area contributed by atoms with Crippen LogP contribution < -0.4 is 0 Å². The Kier molecular flexibility index (Phi) is 2.88. The summed E-state index contributed by atoms with van der Waals surface area (Å²) < 4.78 is 10.7. The molecule has 1 heteroatoms. The van der Waals surface area contributed by atoms with Crippen molar-refractivity contribution in [2.45, 2.75) is 6.42 Å². The average molecular weight is 61.1 g/mol. The van der Waals surface area contributed by atoms with Crippen LogP contribution in [0.2, 0.25) is 0 Å². The number of alkyl halides is 1. The molecule has 0 spiro atoms. The van der Waals surface area contributed by atoms with Gasteiger partial charge in [0.25, 0.3) is 0 Å². The van der Waals surface area contributed by atoms with Crippen molar-refractivity contribution in [3.05, 3.63) is 6.92 Å². The van der Waals surface area contributed by atoms with Crippen LogP contribution in [0.3, 0.4) is 0 Å². The molecule has 0 heterocycles. The minimum Gasteiger partial charge on any atom is -0.251 e. The molecule has 0 rings (SSSR count). The van der Waals surface area contributed by atoms with Crippen molar-refractivity contribution in [1.82, 2.24) is 0 Å². The molecule has 0 N–H and O–H groups in total. The molecule has 0 aliphatic rings. The lowest BCUT2D eigenvalue weighted by atomic mass is 10.6. The Hall–Kier alpha value is -0.0700. The van der Waals surface area contributed by atoms with Crippen molar-refractivity contribution in [3.8, 4) is 0 Å². The van der Waals surface area contributed by atoms with E-state index in [1.807, 2.05) is 0 Å². The van der Waals surface area contributed by atoms with Crippen molar-refractivity contribution < 1.29 is 4.39 Å². The maximum Gasteiger partial charge on any atom is 0.0894 e. The van der Waals surface area contributed by atoms with Gasteiger partial charge in [0.05, 0.1) is 6.67 Å². The Balaban J connectivity index is 1.97. The monoisotopic (exact) mass is 61.0 g/mol. The van der Waals surface area contributed by atoms with Crippen LogP contribution >= 0.6 is 0 Å². The second-order valence-corrected chi connectivity index (χ2v) is 0.543. The van der Waals surface area contributed by atoms with Gasteiger partial charge in [0, 0.05) is 0 Å². The first-order valence-corrected chi connectivity index (χ1v) is 1.27. The van der Waals surface area contributed by atoms with E-state index in [4.69, 9.17) is 0 Å². The minimum absolute atomic E-state index is 0.292. The van der Waals surface area contributed by atoms with Crippen LogP contribution in [-0.2, 0) is 0 Å². The summed E-state index contributed by atoms with van der Waals surface area (Å²) in [4.78, 5) is 0. The van der Waals surface area contributed by atoms with Gasteiger partial charge >= 0.3 is 0 Å². The highest BCUT2D eigenvalue weighted by atomic mass is 19.1. The van der Waals surface area contributed by atoms with Crippen LogP contribution in [0.4, 0.5) is 4.39 Å². The van der Waals surface area contributed by atoms with Gasteiger partial charge < -0.3 is 0 Å². The van der Waals surface area contributed by atoms with Gasteiger partial charge in [-0.15, -0.1) is 0 Å². The third-order valence-corrected chi connectivity index (χ3v) is 0.134. The molecule has 0 saturated carbocycles. The predicted octanol–water partition coefficient (Wildman–Crippen LogP) is 1.18. The number of hydrogen-bond acceptors (Lipinski definition) is 0. The van der Waals surface area contributed by atoms with E-state index < -0.39 is 0 Å². The minimum atomic E-state index is -0.292. The molecule has 4 heavy (non-hydrogen) atoms. The van der Waals surface area contributed by atoms with Crippen molar-refractivity contribution >= 4 is 0 Å². The van der Waals surface area contributed by atoms with Crippen LogP contribution in [0.25, 0.3) is 0 Å². The maximum atomic E-state index is 10.7. The Bertz CT molecular complexity index is 5.25. The molecular weight excluding hydrogens is 55.0 g/mol. The molecule has 0 aliphatic heterocycles. The SMILES string of the molecule is [CH2]CCF. The molecule has 0 bridgehead atoms. The molecule has 0 fully saturated rings. The van der Waals surface area contributed by atoms with Crippen molar-refractivity contribution in [2.75, 3.05) is 6.67 Å². The standard InChI is InChI=1S/C3H6F/c1-2-3-4/h1-3H2. The second kappa shape index (κ2) is 2.93. The highest BCUT2D eigenvalue weighted by molar-refractivity contribution is 4.29. The Morgan fingerprint density at radius 1 is 1.75 bits per heavy atom. The van der Waals surface area contributed by atoms with Gasteiger partial charge in [-0.05, 0) is 6.42 Å². The van der Waals surface area contributed by atoms with E-state index in [0.29, 0.717) is 6.42 Å². The summed E-state index contributed by atoms with van der Waals surface area (Å²) >= 11 is 0. The van der Waals surface area contributed by atoms with E-state index >= 15 is 0 Å². The molecule has 1 radical (unpaired) electrons. The smallest absolute Gasteiger partial charge is 0.0894 e. The molecule has 0 amide bonds. The second-order valence-electron chi connectivity index (χ2n) is 0.543. The van der Waals surface area contributed by atoms with Gasteiger partial charge in [-0.3, -0.25) is 4.39 Å². The van der Waals surface area contributed by atoms with E-state index in [1.165, 1.54) is 0 Å². The maximum absolute atomic E-state index is 10.7. The van der Waals surface area contributed by atoms with Crippen LogP contribution in [0, 0.1) is 6.92 Å². The molecule has 0 aliphatic carbocycles. The predicted molar refractivity (Wildman–Crippen MR) is 15.9 cm³/mol. The number of halogens is 1. The zero-order valence-corrected chi connectivity index (χ0v) is 2.50. The highest BCUT2D eigenvalue weighted by Gasteiger charge is 1.61.